The summed E-state index contributed by atoms with van der Waals surface area (Å²) in [6.45, 7) is 2.51. The van der Waals surface area contributed by atoms with Gasteiger partial charge in [-0.1, -0.05) is 25.3 Å². The standard InChI is InChI=1S/C16H24F2N2O/c1-2-21-16(9-4-3-5-10-16)15(20-19)11-12-13(17)7-6-8-14(12)18/h6-8,15,20H,2-5,9-11,19H2,1H3. The largest absolute Gasteiger partial charge is 0.374 e. The molecule has 118 valence electrons. The fraction of sp³-hybridized carbons (Fsp3) is 0.625. The smallest absolute Gasteiger partial charge is 0.129 e. The zero-order chi connectivity index (χ0) is 15.3. The summed E-state index contributed by atoms with van der Waals surface area (Å²) in [5, 5.41) is 0. The minimum absolute atomic E-state index is 0.0742. The molecule has 5 heteroatoms. The van der Waals surface area contributed by atoms with Crippen LogP contribution < -0.4 is 11.3 Å². The first kappa shape index (κ1) is 16.3. The minimum atomic E-state index is -0.530. The van der Waals surface area contributed by atoms with E-state index in [9.17, 15) is 8.78 Å². The number of ether oxygens (including phenoxy) is 1. The number of nitrogens with one attached hydrogen (secondary N) is 1. The third-order valence-electron chi connectivity index (χ3n) is 4.44. The SMILES string of the molecule is CCOC1(C(Cc2c(F)cccc2F)NN)CCCCC1. The highest BCUT2D eigenvalue weighted by Gasteiger charge is 2.40. The highest BCUT2D eigenvalue weighted by Crippen LogP contribution is 2.36. The first-order valence-electron chi connectivity index (χ1n) is 7.66. The monoisotopic (exact) mass is 298 g/mol. The Labute approximate surface area is 124 Å². The summed E-state index contributed by atoms with van der Waals surface area (Å²) >= 11 is 0. The molecule has 1 aliphatic carbocycles. The summed E-state index contributed by atoms with van der Waals surface area (Å²) in [5.74, 6) is 4.63. The second-order valence-corrected chi connectivity index (χ2v) is 5.68. The van der Waals surface area contributed by atoms with E-state index in [0.29, 0.717) is 6.61 Å². The molecule has 0 heterocycles. The number of hydrogen-bond donors (Lipinski definition) is 2. The van der Waals surface area contributed by atoms with Crippen molar-refractivity contribution in [2.45, 2.75) is 57.1 Å². The number of rotatable bonds is 6. The maximum absolute atomic E-state index is 13.9. The molecule has 3 N–H and O–H groups in total. The van der Waals surface area contributed by atoms with Crippen LogP contribution >= 0.6 is 0 Å². The Morgan fingerprint density at radius 3 is 2.38 bits per heavy atom. The fourth-order valence-corrected chi connectivity index (χ4v) is 3.36. The summed E-state index contributed by atoms with van der Waals surface area (Å²) in [6.07, 6.45) is 5.20. The highest BCUT2D eigenvalue weighted by molar-refractivity contribution is 5.22. The summed E-state index contributed by atoms with van der Waals surface area (Å²) in [6, 6.07) is 3.63. The van der Waals surface area contributed by atoms with Crippen LogP contribution in [0.25, 0.3) is 0 Å². The van der Waals surface area contributed by atoms with E-state index in [2.05, 4.69) is 5.43 Å². The van der Waals surface area contributed by atoms with Crippen molar-refractivity contribution in [1.29, 1.82) is 0 Å². The van der Waals surface area contributed by atoms with E-state index in [1.54, 1.807) is 0 Å². The molecule has 1 atom stereocenters. The van der Waals surface area contributed by atoms with E-state index < -0.39 is 17.2 Å². The summed E-state index contributed by atoms with van der Waals surface area (Å²) < 4.78 is 33.7. The molecule has 0 aliphatic heterocycles. The molecule has 1 saturated carbocycles. The van der Waals surface area contributed by atoms with Crippen LogP contribution in [0.5, 0.6) is 0 Å². The first-order valence-corrected chi connectivity index (χ1v) is 7.66. The number of hydrogen-bond acceptors (Lipinski definition) is 3. The van der Waals surface area contributed by atoms with Gasteiger partial charge in [0, 0.05) is 12.2 Å². The van der Waals surface area contributed by atoms with Gasteiger partial charge in [0.25, 0.3) is 0 Å². The van der Waals surface area contributed by atoms with Gasteiger partial charge in [-0.25, -0.2) is 8.78 Å². The lowest BCUT2D eigenvalue weighted by molar-refractivity contribution is -0.0900. The molecule has 1 unspecified atom stereocenters. The Bertz CT molecular complexity index is 436. The number of halogens is 2. The molecule has 0 aromatic heterocycles. The van der Waals surface area contributed by atoms with E-state index >= 15 is 0 Å². The highest BCUT2D eigenvalue weighted by atomic mass is 19.1. The van der Waals surface area contributed by atoms with Crippen LogP contribution in [-0.4, -0.2) is 18.2 Å². The van der Waals surface area contributed by atoms with Crippen molar-refractivity contribution < 1.29 is 13.5 Å². The lowest BCUT2D eigenvalue weighted by Gasteiger charge is -2.43. The lowest BCUT2D eigenvalue weighted by Crippen LogP contribution is -2.57. The average molecular weight is 298 g/mol. The van der Waals surface area contributed by atoms with Gasteiger partial charge in [0.2, 0.25) is 0 Å². The van der Waals surface area contributed by atoms with Crippen molar-refractivity contribution in [3.8, 4) is 0 Å². The molecule has 1 aromatic carbocycles. The van der Waals surface area contributed by atoms with Crippen molar-refractivity contribution in [3.63, 3.8) is 0 Å². The molecule has 2 rings (SSSR count). The van der Waals surface area contributed by atoms with Crippen LogP contribution in [0, 0.1) is 11.6 Å². The van der Waals surface area contributed by atoms with Gasteiger partial charge in [-0.15, -0.1) is 0 Å². The summed E-state index contributed by atoms with van der Waals surface area (Å²) in [7, 11) is 0. The Hall–Kier alpha value is -1.04. The van der Waals surface area contributed by atoms with E-state index in [1.165, 1.54) is 24.6 Å². The second-order valence-electron chi connectivity index (χ2n) is 5.68. The zero-order valence-electron chi connectivity index (χ0n) is 12.5. The van der Waals surface area contributed by atoms with Crippen molar-refractivity contribution in [3.05, 3.63) is 35.4 Å². The molecule has 0 spiro atoms. The normalized spacial score (nSPS) is 19.4. The van der Waals surface area contributed by atoms with Gasteiger partial charge in [-0.05, 0) is 38.3 Å². The third-order valence-corrected chi connectivity index (χ3v) is 4.44. The molecule has 1 aromatic rings. The van der Waals surface area contributed by atoms with Crippen LogP contribution in [-0.2, 0) is 11.2 Å². The summed E-state index contributed by atoms with van der Waals surface area (Å²) in [4.78, 5) is 0. The molecular weight excluding hydrogens is 274 g/mol. The Kier molecular flexibility index (Phi) is 5.67. The van der Waals surface area contributed by atoms with Crippen molar-refractivity contribution in [1.82, 2.24) is 5.43 Å². The summed E-state index contributed by atoms with van der Waals surface area (Å²) in [5.41, 5.74) is 2.38. The number of hydrazine groups is 1. The minimum Gasteiger partial charge on any atom is -0.374 e. The van der Waals surface area contributed by atoms with Crippen LogP contribution in [0.15, 0.2) is 18.2 Å². The van der Waals surface area contributed by atoms with E-state index in [4.69, 9.17) is 10.6 Å². The number of nitrogens with two attached hydrogens (primary N) is 1. The van der Waals surface area contributed by atoms with Gasteiger partial charge in [0.15, 0.2) is 0 Å². The van der Waals surface area contributed by atoms with E-state index in [0.717, 1.165) is 25.7 Å². The van der Waals surface area contributed by atoms with Crippen molar-refractivity contribution in [2.75, 3.05) is 6.61 Å². The molecule has 0 radical (unpaired) electrons. The van der Waals surface area contributed by atoms with E-state index in [1.807, 2.05) is 6.92 Å². The molecule has 0 saturated heterocycles. The molecule has 0 amide bonds. The Morgan fingerprint density at radius 1 is 1.24 bits per heavy atom. The van der Waals surface area contributed by atoms with Gasteiger partial charge in [-0.2, -0.15) is 0 Å². The van der Waals surface area contributed by atoms with Crippen molar-refractivity contribution in [2.24, 2.45) is 5.84 Å². The predicted molar refractivity (Wildman–Crippen MR) is 78.6 cm³/mol. The molecule has 3 nitrogen and oxygen atoms in total. The Morgan fingerprint density at radius 2 is 1.86 bits per heavy atom. The second kappa shape index (κ2) is 7.29. The zero-order valence-corrected chi connectivity index (χ0v) is 12.5. The van der Waals surface area contributed by atoms with Crippen LogP contribution in [0.2, 0.25) is 0 Å². The van der Waals surface area contributed by atoms with Crippen molar-refractivity contribution >= 4 is 0 Å². The average Bonchev–Trinajstić information content (AvgIpc) is 2.48. The topological polar surface area (TPSA) is 47.3 Å². The maximum Gasteiger partial charge on any atom is 0.129 e. The van der Waals surface area contributed by atoms with Gasteiger partial charge >= 0.3 is 0 Å². The molecule has 1 fully saturated rings. The van der Waals surface area contributed by atoms with Crippen LogP contribution in [0.1, 0.15) is 44.6 Å². The van der Waals surface area contributed by atoms with Crippen LogP contribution in [0.4, 0.5) is 8.78 Å². The Balaban J connectivity index is 2.24. The quantitative estimate of drug-likeness (QED) is 0.627. The lowest BCUT2D eigenvalue weighted by atomic mass is 9.77. The van der Waals surface area contributed by atoms with Gasteiger partial charge < -0.3 is 4.74 Å². The number of benzene rings is 1. The molecule has 0 bridgehead atoms. The van der Waals surface area contributed by atoms with Gasteiger partial charge in [-0.3, -0.25) is 11.3 Å². The molecule has 1 aliphatic rings. The molecule has 21 heavy (non-hydrogen) atoms. The first-order chi connectivity index (χ1) is 10.1. The maximum atomic E-state index is 13.9. The predicted octanol–water partition coefficient (Wildman–Crippen LogP) is 3.08. The fourth-order valence-electron chi connectivity index (χ4n) is 3.36. The van der Waals surface area contributed by atoms with Gasteiger partial charge in [0.1, 0.15) is 11.6 Å². The third kappa shape index (κ3) is 3.59. The molecular formula is C16H24F2N2O. The van der Waals surface area contributed by atoms with E-state index in [-0.39, 0.29) is 18.0 Å². The van der Waals surface area contributed by atoms with Crippen LogP contribution in [0.3, 0.4) is 0 Å². The van der Waals surface area contributed by atoms with Gasteiger partial charge in [0.05, 0.1) is 11.6 Å².